The Labute approximate surface area is 138 Å². The van der Waals surface area contributed by atoms with Gasteiger partial charge >= 0.3 is 0 Å². The maximum Gasteiger partial charge on any atom is 0.279 e. The quantitative estimate of drug-likeness (QED) is 0.798. The molecule has 0 heterocycles. The number of benzene rings is 2. The van der Waals surface area contributed by atoms with Crippen LogP contribution in [0.5, 0.6) is 0 Å². The lowest BCUT2D eigenvalue weighted by Crippen LogP contribution is -2.86. The van der Waals surface area contributed by atoms with Gasteiger partial charge in [0.15, 0.2) is 12.3 Å². The minimum Gasteiger partial charge on any atom is -0.332 e. The van der Waals surface area contributed by atoms with Crippen molar-refractivity contribution < 1.29 is 23.7 Å². The van der Waals surface area contributed by atoms with Gasteiger partial charge in [-0.15, -0.1) is 0 Å². The zero-order chi connectivity index (χ0) is 17.7. The van der Waals surface area contributed by atoms with Gasteiger partial charge in [-0.2, -0.15) is 0 Å². The van der Waals surface area contributed by atoms with Crippen LogP contribution < -0.4 is 10.6 Å². The predicted octanol–water partition coefficient (Wildman–Crippen LogP) is 2.43. The van der Waals surface area contributed by atoms with Crippen molar-refractivity contribution in [3.63, 3.8) is 0 Å². The molecule has 0 fully saturated rings. The maximum absolute atomic E-state index is 13.7. The number of amides is 1. The third kappa shape index (κ3) is 4.70. The molecular formula is C18H19F2N2O2+. The van der Waals surface area contributed by atoms with E-state index < -0.39 is 11.6 Å². The van der Waals surface area contributed by atoms with Crippen LogP contribution in [0.2, 0.25) is 0 Å². The van der Waals surface area contributed by atoms with E-state index in [-0.39, 0.29) is 24.3 Å². The van der Waals surface area contributed by atoms with E-state index in [1.807, 2.05) is 0 Å². The molecule has 2 aromatic rings. The molecule has 24 heavy (non-hydrogen) atoms. The van der Waals surface area contributed by atoms with Gasteiger partial charge in [-0.25, -0.2) is 8.78 Å². The second-order valence-electron chi connectivity index (χ2n) is 5.58. The van der Waals surface area contributed by atoms with Crippen molar-refractivity contribution >= 4 is 17.4 Å². The molecule has 126 valence electrons. The Bertz CT molecular complexity index is 762. The van der Waals surface area contributed by atoms with Crippen molar-refractivity contribution in [2.45, 2.75) is 19.9 Å². The van der Waals surface area contributed by atoms with Crippen LogP contribution in [0, 0.1) is 11.6 Å². The number of ketones is 1. The van der Waals surface area contributed by atoms with Crippen LogP contribution in [-0.4, -0.2) is 18.2 Å². The largest absolute Gasteiger partial charge is 0.332 e. The van der Waals surface area contributed by atoms with Crippen LogP contribution in [0.15, 0.2) is 42.5 Å². The van der Waals surface area contributed by atoms with E-state index in [1.165, 1.54) is 19.1 Å². The summed E-state index contributed by atoms with van der Waals surface area (Å²) in [4.78, 5) is 23.3. The van der Waals surface area contributed by atoms with Gasteiger partial charge in [-0.3, -0.25) is 9.59 Å². The number of nitrogens with one attached hydrogen (secondary N) is 1. The summed E-state index contributed by atoms with van der Waals surface area (Å²) in [5, 5.41) is 4.34. The first-order chi connectivity index (χ1) is 11.4. The number of quaternary nitrogens is 1. The fourth-order valence-electron chi connectivity index (χ4n) is 2.31. The van der Waals surface area contributed by atoms with Gasteiger partial charge in [0.05, 0.1) is 0 Å². The Morgan fingerprint density at radius 1 is 1.17 bits per heavy atom. The van der Waals surface area contributed by atoms with Crippen molar-refractivity contribution in [3.05, 3.63) is 65.2 Å². The molecule has 1 atom stereocenters. The van der Waals surface area contributed by atoms with E-state index in [4.69, 9.17) is 0 Å². The summed E-state index contributed by atoms with van der Waals surface area (Å²) in [7, 11) is 0. The fraction of sp³-hybridized carbons (Fsp3) is 0.222. The molecule has 0 aromatic heterocycles. The van der Waals surface area contributed by atoms with Crippen molar-refractivity contribution in [2.75, 3.05) is 11.9 Å². The fourth-order valence-corrected chi connectivity index (χ4v) is 2.31. The Morgan fingerprint density at radius 3 is 2.58 bits per heavy atom. The van der Waals surface area contributed by atoms with Gasteiger partial charge in [0.25, 0.3) is 5.91 Å². The molecule has 2 rings (SSSR count). The molecule has 6 heteroatoms. The zero-order valence-corrected chi connectivity index (χ0v) is 13.5. The number of hydrogen-bond donors (Lipinski definition) is 2. The highest BCUT2D eigenvalue weighted by Gasteiger charge is 2.16. The van der Waals surface area contributed by atoms with Crippen LogP contribution in [0.3, 0.4) is 0 Å². The van der Waals surface area contributed by atoms with Gasteiger partial charge in [0, 0.05) is 22.9 Å². The molecule has 1 amide bonds. The summed E-state index contributed by atoms with van der Waals surface area (Å²) in [6.45, 7) is 3.26. The summed E-state index contributed by atoms with van der Waals surface area (Å²) < 4.78 is 26.6. The minimum atomic E-state index is -0.633. The number of rotatable bonds is 6. The van der Waals surface area contributed by atoms with Gasteiger partial charge < -0.3 is 10.6 Å². The lowest BCUT2D eigenvalue weighted by atomic mass is 10.1. The van der Waals surface area contributed by atoms with E-state index in [0.29, 0.717) is 16.8 Å². The number of carbonyl (C=O) groups is 2. The second-order valence-corrected chi connectivity index (χ2v) is 5.58. The van der Waals surface area contributed by atoms with Crippen molar-refractivity contribution in [1.82, 2.24) is 0 Å². The smallest absolute Gasteiger partial charge is 0.279 e. The Balaban J connectivity index is 1.93. The first-order valence-corrected chi connectivity index (χ1v) is 7.56. The van der Waals surface area contributed by atoms with Gasteiger partial charge in [0.2, 0.25) is 0 Å². The summed E-state index contributed by atoms with van der Waals surface area (Å²) in [5.41, 5.74) is 1.38. The molecule has 0 spiro atoms. The average molecular weight is 333 g/mol. The van der Waals surface area contributed by atoms with Crippen molar-refractivity contribution in [3.8, 4) is 0 Å². The number of nitrogens with two attached hydrogens (primary N) is 1. The van der Waals surface area contributed by atoms with Crippen LogP contribution in [-0.2, 0) is 4.79 Å². The minimum absolute atomic E-state index is 0.0717. The number of halogens is 2. The first kappa shape index (κ1) is 17.7. The zero-order valence-electron chi connectivity index (χ0n) is 13.5. The van der Waals surface area contributed by atoms with E-state index in [2.05, 4.69) is 5.32 Å². The highest BCUT2D eigenvalue weighted by atomic mass is 19.1. The molecule has 0 saturated carbocycles. The average Bonchev–Trinajstić information content (AvgIpc) is 2.53. The molecule has 0 saturated heterocycles. The standard InChI is InChI=1S/C18H18F2N2O2/c1-11(16-7-6-14(19)9-17(16)20)21-10-18(24)22-15-5-3-4-13(8-15)12(2)23/h3-9,11,21H,10H2,1-2H3,(H,22,24)/p+1/t11-/m1/s1. The van der Waals surface area contributed by atoms with Crippen molar-refractivity contribution in [2.24, 2.45) is 0 Å². The third-order valence-electron chi connectivity index (χ3n) is 3.66. The number of carbonyl (C=O) groups excluding carboxylic acids is 2. The van der Waals surface area contributed by atoms with Crippen LogP contribution in [0.1, 0.15) is 35.8 Å². The molecule has 0 aliphatic carbocycles. The predicted molar refractivity (Wildman–Crippen MR) is 86.6 cm³/mol. The molecule has 0 unspecified atom stereocenters. The molecule has 0 aliphatic heterocycles. The summed E-state index contributed by atoms with van der Waals surface area (Å²) in [6.07, 6.45) is 0. The molecule has 4 nitrogen and oxygen atoms in total. The molecular weight excluding hydrogens is 314 g/mol. The van der Waals surface area contributed by atoms with Crippen LogP contribution in [0.4, 0.5) is 14.5 Å². The third-order valence-corrected chi connectivity index (χ3v) is 3.66. The Morgan fingerprint density at radius 2 is 1.92 bits per heavy atom. The first-order valence-electron chi connectivity index (χ1n) is 7.56. The monoisotopic (exact) mass is 333 g/mol. The summed E-state index contributed by atoms with van der Waals surface area (Å²) in [6, 6.07) is 9.70. The highest BCUT2D eigenvalue weighted by Crippen LogP contribution is 2.15. The normalized spacial score (nSPS) is 11.8. The number of anilines is 1. The maximum atomic E-state index is 13.7. The number of hydrogen-bond acceptors (Lipinski definition) is 2. The van der Waals surface area contributed by atoms with E-state index in [1.54, 1.807) is 36.5 Å². The summed E-state index contributed by atoms with van der Waals surface area (Å²) in [5.74, 6) is -1.62. The van der Waals surface area contributed by atoms with E-state index in [9.17, 15) is 18.4 Å². The summed E-state index contributed by atoms with van der Waals surface area (Å²) >= 11 is 0. The Kier molecular flexibility index (Phi) is 5.76. The highest BCUT2D eigenvalue weighted by molar-refractivity contribution is 5.97. The SMILES string of the molecule is CC(=O)c1cccc(NC(=O)C[NH2+][C@H](C)c2ccc(F)cc2F)c1. The molecule has 0 radical (unpaired) electrons. The second kappa shape index (κ2) is 7.79. The molecule has 2 aromatic carbocycles. The van der Waals surface area contributed by atoms with Crippen LogP contribution >= 0.6 is 0 Å². The number of Topliss-reactive ketones (excluding diaryl/α,β-unsaturated/α-hetero) is 1. The van der Waals surface area contributed by atoms with Gasteiger partial charge in [-0.1, -0.05) is 12.1 Å². The van der Waals surface area contributed by atoms with Crippen molar-refractivity contribution in [1.29, 1.82) is 0 Å². The lowest BCUT2D eigenvalue weighted by Gasteiger charge is -2.12. The molecule has 3 N–H and O–H groups in total. The Hall–Kier alpha value is -2.60. The van der Waals surface area contributed by atoms with Crippen LogP contribution in [0.25, 0.3) is 0 Å². The van der Waals surface area contributed by atoms with E-state index in [0.717, 1.165) is 6.07 Å². The molecule has 0 bridgehead atoms. The van der Waals surface area contributed by atoms with E-state index >= 15 is 0 Å². The lowest BCUT2D eigenvalue weighted by molar-refractivity contribution is -0.682. The molecule has 0 aliphatic rings. The topological polar surface area (TPSA) is 62.8 Å². The van der Waals surface area contributed by atoms with Gasteiger partial charge in [-0.05, 0) is 38.1 Å². The van der Waals surface area contributed by atoms with Gasteiger partial charge in [0.1, 0.15) is 17.7 Å².